The van der Waals surface area contributed by atoms with Crippen molar-refractivity contribution in [2.45, 2.75) is 17.9 Å². The smallest absolute Gasteiger partial charge is 0.264 e. The second kappa shape index (κ2) is 9.11. The first-order valence-corrected chi connectivity index (χ1v) is 11.4. The van der Waals surface area contributed by atoms with Crippen LogP contribution >= 0.6 is 11.3 Å². The van der Waals surface area contributed by atoms with Gasteiger partial charge in [0.15, 0.2) is 0 Å². The van der Waals surface area contributed by atoms with Gasteiger partial charge in [-0.2, -0.15) is 0 Å². The van der Waals surface area contributed by atoms with Gasteiger partial charge in [0, 0.05) is 17.6 Å². The van der Waals surface area contributed by atoms with Crippen LogP contribution in [0.15, 0.2) is 77.0 Å². The summed E-state index contributed by atoms with van der Waals surface area (Å²) in [7, 11) is -2.19. The molecular formula is C21H23N3O3S2. The highest BCUT2D eigenvalue weighted by Gasteiger charge is 2.21. The van der Waals surface area contributed by atoms with Gasteiger partial charge in [0.1, 0.15) is 0 Å². The summed E-state index contributed by atoms with van der Waals surface area (Å²) in [6.07, 6.45) is 0. The van der Waals surface area contributed by atoms with E-state index in [0.29, 0.717) is 11.4 Å². The summed E-state index contributed by atoms with van der Waals surface area (Å²) < 4.78 is 27.1. The molecule has 29 heavy (non-hydrogen) atoms. The number of para-hydroxylation sites is 1. The van der Waals surface area contributed by atoms with Crippen LogP contribution in [0.3, 0.4) is 0 Å². The maximum atomic E-state index is 12.9. The molecule has 0 aliphatic rings. The molecular weight excluding hydrogens is 406 g/mol. The lowest BCUT2D eigenvalue weighted by atomic mass is 10.2. The molecule has 0 spiro atoms. The van der Waals surface area contributed by atoms with Crippen LogP contribution < -0.4 is 14.9 Å². The molecule has 6 nitrogen and oxygen atoms in total. The Morgan fingerprint density at radius 1 is 1.07 bits per heavy atom. The van der Waals surface area contributed by atoms with Crippen LogP contribution in [0.2, 0.25) is 0 Å². The van der Waals surface area contributed by atoms with Crippen molar-refractivity contribution < 1.29 is 13.2 Å². The average Bonchev–Trinajstić information content (AvgIpc) is 3.27. The molecule has 1 unspecified atom stereocenters. The highest BCUT2D eigenvalue weighted by molar-refractivity contribution is 7.92. The number of carbonyl (C=O) groups is 1. The Hall–Kier alpha value is -2.84. The summed E-state index contributed by atoms with van der Waals surface area (Å²) >= 11 is 1.59. The highest BCUT2D eigenvalue weighted by Crippen LogP contribution is 2.23. The van der Waals surface area contributed by atoms with Gasteiger partial charge >= 0.3 is 0 Å². The summed E-state index contributed by atoms with van der Waals surface area (Å²) in [4.78, 5) is 13.4. The van der Waals surface area contributed by atoms with E-state index in [1.54, 1.807) is 53.8 Å². The molecule has 0 aliphatic heterocycles. The molecule has 0 aliphatic carbocycles. The number of hydrogen-bond donors (Lipinski definition) is 2. The fraction of sp³-hybridized carbons (Fsp3) is 0.190. The van der Waals surface area contributed by atoms with E-state index in [-0.39, 0.29) is 23.4 Å². The third-order valence-electron chi connectivity index (χ3n) is 4.41. The van der Waals surface area contributed by atoms with Gasteiger partial charge < -0.3 is 10.6 Å². The van der Waals surface area contributed by atoms with Crippen molar-refractivity contribution in [3.8, 4) is 0 Å². The number of rotatable bonds is 8. The minimum absolute atomic E-state index is 0.0493. The molecule has 1 amide bonds. The molecule has 152 valence electrons. The van der Waals surface area contributed by atoms with Crippen molar-refractivity contribution in [3.63, 3.8) is 0 Å². The van der Waals surface area contributed by atoms with Crippen LogP contribution in [0.1, 0.15) is 17.8 Å². The number of nitrogens with one attached hydrogen (secondary N) is 2. The van der Waals surface area contributed by atoms with Gasteiger partial charge in [0.05, 0.1) is 23.2 Å². The minimum Gasteiger partial charge on any atom is -0.376 e. The van der Waals surface area contributed by atoms with Crippen LogP contribution in [-0.4, -0.2) is 27.9 Å². The zero-order chi connectivity index (χ0) is 20.9. The molecule has 1 aromatic heterocycles. The van der Waals surface area contributed by atoms with Gasteiger partial charge in [-0.15, -0.1) is 11.3 Å². The SMILES string of the molecule is CC(NC(=O)CNc1cccc(S(=O)(=O)N(C)c2ccccc2)c1)c1cccs1. The number of amides is 1. The lowest BCUT2D eigenvalue weighted by Crippen LogP contribution is -2.31. The maximum Gasteiger partial charge on any atom is 0.264 e. The summed E-state index contributed by atoms with van der Waals surface area (Å²) in [6.45, 7) is 1.98. The van der Waals surface area contributed by atoms with Crippen LogP contribution in [0.5, 0.6) is 0 Å². The predicted molar refractivity (Wildman–Crippen MR) is 118 cm³/mol. The molecule has 0 saturated carbocycles. The molecule has 0 fully saturated rings. The third-order valence-corrected chi connectivity index (χ3v) is 7.25. The molecule has 8 heteroatoms. The molecule has 0 bridgehead atoms. The van der Waals surface area contributed by atoms with E-state index in [2.05, 4.69) is 10.6 Å². The highest BCUT2D eigenvalue weighted by atomic mass is 32.2. The van der Waals surface area contributed by atoms with Crippen molar-refractivity contribution in [2.24, 2.45) is 0 Å². The Morgan fingerprint density at radius 3 is 2.52 bits per heavy atom. The van der Waals surface area contributed by atoms with Crippen molar-refractivity contribution in [1.29, 1.82) is 0 Å². The summed E-state index contributed by atoms with van der Waals surface area (Å²) in [6, 6.07) is 19.2. The zero-order valence-corrected chi connectivity index (χ0v) is 17.8. The Morgan fingerprint density at radius 2 is 1.83 bits per heavy atom. The minimum atomic E-state index is -3.71. The number of carbonyl (C=O) groups excluding carboxylic acids is 1. The predicted octanol–water partition coefficient (Wildman–Crippen LogP) is 3.86. The summed E-state index contributed by atoms with van der Waals surface area (Å²) in [5.74, 6) is -0.166. The van der Waals surface area contributed by atoms with E-state index in [0.717, 1.165) is 4.88 Å². The zero-order valence-electron chi connectivity index (χ0n) is 16.2. The van der Waals surface area contributed by atoms with Crippen molar-refractivity contribution in [2.75, 3.05) is 23.2 Å². The van der Waals surface area contributed by atoms with Crippen molar-refractivity contribution in [1.82, 2.24) is 5.32 Å². The fourth-order valence-electron chi connectivity index (χ4n) is 2.78. The molecule has 0 radical (unpaired) electrons. The molecule has 3 aromatic rings. The van der Waals surface area contributed by atoms with Crippen LogP contribution in [0.4, 0.5) is 11.4 Å². The normalized spacial score (nSPS) is 12.2. The maximum absolute atomic E-state index is 12.9. The van der Waals surface area contributed by atoms with Crippen LogP contribution in [-0.2, 0) is 14.8 Å². The quantitative estimate of drug-likeness (QED) is 0.570. The standard InChI is InChI=1S/C21H23N3O3S2/c1-16(20-12-7-13-28-20)23-21(25)15-22-17-8-6-11-19(14-17)29(26,27)24(2)18-9-4-3-5-10-18/h3-14,16,22H,15H2,1-2H3,(H,23,25). The van der Waals surface area contributed by atoms with Crippen molar-refractivity contribution >= 4 is 38.6 Å². The van der Waals surface area contributed by atoms with Gasteiger partial charge in [-0.05, 0) is 48.7 Å². The lowest BCUT2D eigenvalue weighted by Gasteiger charge is -2.20. The molecule has 2 N–H and O–H groups in total. The van der Waals surface area contributed by atoms with E-state index < -0.39 is 10.0 Å². The average molecular weight is 430 g/mol. The topological polar surface area (TPSA) is 78.5 Å². The fourth-order valence-corrected chi connectivity index (χ4v) is 4.76. The van der Waals surface area contributed by atoms with Crippen LogP contribution in [0.25, 0.3) is 0 Å². The second-order valence-electron chi connectivity index (χ2n) is 6.49. The monoisotopic (exact) mass is 429 g/mol. The van der Waals surface area contributed by atoms with Gasteiger partial charge in [-0.3, -0.25) is 9.10 Å². The summed E-state index contributed by atoms with van der Waals surface area (Å²) in [5, 5.41) is 7.88. The van der Waals surface area contributed by atoms with E-state index in [9.17, 15) is 13.2 Å². The Bertz CT molecular complexity index is 1050. The van der Waals surface area contributed by atoms with Gasteiger partial charge in [0.25, 0.3) is 10.0 Å². The van der Waals surface area contributed by atoms with E-state index >= 15 is 0 Å². The number of thiophene rings is 1. The van der Waals surface area contributed by atoms with E-state index in [1.807, 2.05) is 30.5 Å². The number of anilines is 2. The first-order valence-electron chi connectivity index (χ1n) is 9.08. The van der Waals surface area contributed by atoms with Gasteiger partial charge in [0.2, 0.25) is 5.91 Å². The first-order chi connectivity index (χ1) is 13.9. The summed E-state index contributed by atoms with van der Waals surface area (Å²) in [5.41, 5.74) is 1.14. The Labute approximate surface area is 175 Å². The van der Waals surface area contributed by atoms with Crippen molar-refractivity contribution in [3.05, 3.63) is 77.0 Å². The number of benzene rings is 2. The third kappa shape index (κ3) is 5.16. The van der Waals surface area contributed by atoms with E-state index in [1.165, 1.54) is 17.4 Å². The molecule has 1 heterocycles. The number of sulfonamides is 1. The molecule has 3 rings (SSSR count). The van der Waals surface area contributed by atoms with Crippen LogP contribution in [0, 0.1) is 0 Å². The molecule has 1 atom stereocenters. The lowest BCUT2D eigenvalue weighted by molar-refractivity contribution is -0.120. The number of hydrogen-bond acceptors (Lipinski definition) is 5. The second-order valence-corrected chi connectivity index (χ2v) is 9.44. The first kappa shape index (κ1) is 20.9. The molecule has 2 aromatic carbocycles. The van der Waals surface area contributed by atoms with E-state index in [4.69, 9.17) is 0 Å². The Balaban J connectivity index is 1.65. The largest absolute Gasteiger partial charge is 0.376 e. The van der Waals surface area contributed by atoms with Gasteiger partial charge in [-0.25, -0.2) is 8.42 Å². The Kier molecular flexibility index (Phi) is 6.56. The van der Waals surface area contributed by atoms with Gasteiger partial charge in [-0.1, -0.05) is 30.3 Å². The molecule has 0 saturated heterocycles. The number of nitrogens with zero attached hydrogens (tertiary/aromatic N) is 1.